The number of rotatable bonds is 6. The SMILES string of the molecule is CBC(C(C)S)C1CC1(CC)CCS. The molecule has 0 heterocycles. The third-order valence-corrected chi connectivity index (χ3v) is 4.78. The minimum absolute atomic E-state index is 0.554. The van der Waals surface area contributed by atoms with Crippen LogP contribution in [0.25, 0.3) is 0 Å². The monoisotopic (exact) mass is 230 g/mol. The fourth-order valence-corrected chi connectivity index (χ4v) is 3.90. The summed E-state index contributed by atoms with van der Waals surface area (Å²) in [7, 11) is 1.28. The summed E-state index contributed by atoms with van der Waals surface area (Å²) in [6.07, 6.45) is 4.05. The van der Waals surface area contributed by atoms with Gasteiger partial charge in [0.1, 0.15) is 7.28 Å². The van der Waals surface area contributed by atoms with Crippen molar-refractivity contribution in [1.29, 1.82) is 0 Å². The van der Waals surface area contributed by atoms with Crippen molar-refractivity contribution >= 4 is 32.5 Å². The van der Waals surface area contributed by atoms with E-state index in [0.717, 1.165) is 17.5 Å². The zero-order chi connectivity index (χ0) is 10.8. The predicted octanol–water partition coefficient (Wildman–Crippen LogP) is 3.31. The maximum Gasteiger partial charge on any atom is 0.122 e. The molecule has 0 aromatic heterocycles. The van der Waals surface area contributed by atoms with E-state index in [-0.39, 0.29) is 0 Å². The van der Waals surface area contributed by atoms with Crippen molar-refractivity contribution in [3.8, 4) is 0 Å². The molecule has 82 valence electrons. The van der Waals surface area contributed by atoms with Crippen molar-refractivity contribution in [2.75, 3.05) is 5.75 Å². The summed E-state index contributed by atoms with van der Waals surface area (Å²) in [5.41, 5.74) is 0.638. The summed E-state index contributed by atoms with van der Waals surface area (Å²) in [5, 5.41) is 0.554. The quantitative estimate of drug-likeness (QED) is 0.507. The average molecular weight is 230 g/mol. The summed E-state index contributed by atoms with van der Waals surface area (Å²) in [5.74, 6) is 2.79. The second kappa shape index (κ2) is 5.20. The van der Waals surface area contributed by atoms with Crippen LogP contribution in [-0.2, 0) is 0 Å². The fourth-order valence-electron chi connectivity index (χ4n) is 3.04. The first-order valence-electron chi connectivity index (χ1n) is 5.90. The molecule has 0 N–H and O–H groups in total. The fraction of sp³-hybridized carbons (Fsp3) is 1.00. The van der Waals surface area contributed by atoms with Gasteiger partial charge in [0.15, 0.2) is 0 Å². The van der Waals surface area contributed by atoms with Gasteiger partial charge in [-0.05, 0) is 35.2 Å². The van der Waals surface area contributed by atoms with Gasteiger partial charge in [-0.15, -0.1) is 0 Å². The van der Waals surface area contributed by atoms with Crippen molar-refractivity contribution in [3.63, 3.8) is 0 Å². The van der Waals surface area contributed by atoms with Crippen LogP contribution in [0.3, 0.4) is 0 Å². The van der Waals surface area contributed by atoms with Gasteiger partial charge in [-0.3, -0.25) is 0 Å². The van der Waals surface area contributed by atoms with Crippen LogP contribution in [0, 0.1) is 11.3 Å². The summed E-state index contributed by atoms with van der Waals surface area (Å²) >= 11 is 9.00. The number of hydrogen-bond acceptors (Lipinski definition) is 2. The van der Waals surface area contributed by atoms with Gasteiger partial charge in [0.2, 0.25) is 0 Å². The van der Waals surface area contributed by atoms with Crippen LogP contribution in [0.2, 0.25) is 12.6 Å². The van der Waals surface area contributed by atoms with Crippen molar-refractivity contribution < 1.29 is 0 Å². The number of thiol groups is 2. The Kier molecular flexibility index (Phi) is 4.77. The van der Waals surface area contributed by atoms with E-state index in [2.05, 4.69) is 45.9 Å². The molecule has 1 aliphatic rings. The average Bonchev–Trinajstić information content (AvgIpc) is 2.82. The third-order valence-electron chi connectivity index (χ3n) is 4.17. The molecule has 0 saturated heterocycles. The van der Waals surface area contributed by atoms with Crippen molar-refractivity contribution in [2.24, 2.45) is 11.3 Å². The first-order chi connectivity index (χ1) is 6.61. The standard InChI is InChI=1S/C11H23BS2/c1-4-11(5-6-13)7-9(11)10(12-3)8(2)14/h8-10,12-14H,4-7H2,1-3H3. The molecular weight excluding hydrogens is 207 g/mol. The number of hydrogen-bond donors (Lipinski definition) is 2. The van der Waals surface area contributed by atoms with E-state index in [1.54, 1.807) is 0 Å². The molecule has 0 aromatic rings. The van der Waals surface area contributed by atoms with E-state index >= 15 is 0 Å². The van der Waals surface area contributed by atoms with Crippen LogP contribution >= 0.6 is 25.3 Å². The van der Waals surface area contributed by atoms with Gasteiger partial charge in [0, 0.05) is 0 Å². The Morgan fingerprint density at radius 1 is 1.57 bits per heavy atom. The summed E-state index contributed by atoms with van der Waals surface area (Å²) < 4.78 is 0. The zero-order valence-corrected chi connectivity index (χ0v) is 11.5. The van der Waals surface area contributed by atoms with E-state index in [9.17, 15) is 0 Å². The molecule has 14 heavy (non-hydrogen) atoms. The highest BCUT2D eigenvalue weighted by molar-refractivity contribution is 7.81. The molecule has 3 heteroatoms. The van der Waals surface area contributed by atoms with Crippen LogP contribution in [0.1, 0.15) is 33.1 Å². The Hall–Kier alpha value is 0.765. The summed E-state index contributed by atoms with van der Waals surface area (Å²) in [6.45, 7) is 6.88. The Balaban J connectivity index is 2.55. The Bertz CT molecular complexity index is 184. The van der Waals surface area contributed by atoms with E-state index in [1.165, 1.54) is 26.5 Å². The van der Waals surface area contributed by atoms with Crippen molar-refractivity contribution in [2.45, 2.75) is 51.0 Å². The minimum Gasteiger partial charge on any atom is -0.179 e. The van der Waals surface area contributed by atoms with E-state index < -0.39 is 0 Å². The van der Waals surface area contributed by atoms with Gasteiger partial charge in [0.25, 0.3) is 0 Å². The maximum absolute atomic E-state index is 4.62. The molecule has 0 nitrogen and oxygen atoms in total. The molecule has 1 fully saturated rings. The van der Waals surface area contributed by atoms with Crippen LogP contribution in [0.15, 0.2) is 0 Å². The molecule has 1 rings (SSSR count). The lowest BCUT2D eigenvalue weighted by atomic mass is 9.61. The van der Waals surface area contributed by atoms with E-state index in [4.69, 9.17) is 0 Å². The lowest BCUT2D eigenvalue weighted by molar-refractivity contribution is 0.413. The molecule has 0 amide bonds. The predicted molar refractivity (Wildman–Crippen MR) is 74.5 cm³/mol. The first-order valence-corrected chi connectivity index (χ1v) is 7.05. The second-order valence-corrected chi connectivity index (χ2v) is 6.07. The van der Waals surface area contributed by atoms with E-state index in [0.29, 0.717) is 10.7 Å². The molecule has 0 spiro atoms. The normalized spacial score (nSPS) is 35.1. The molecule has 0 bridgehead atoms. The topological polar surface area (TPSA) is 0 Å². The molecule has 4 unspecified atom stereocenters. The molecule has 4 atom stereocenters. The smallest absolute Gasteiger partial charge is 0.122 e. The highest BCUT2D eigenvalue weighted by atomic mass is 32.1. The third kappa shape index (κ3) is 2.47. The largest absolute Gasteiger partial charge is 0.179 e. The van der Waals surface area contributed by atoms with E-state index in [1.807, 2.05) is 0 Å². The van der Waals surface area contributed by atoms with Crippen molar-refractivity contribution in [3.05, 3.63) is 0 Å². The van der Waals surface area contributed by atoms with Crippen LogP contribution < -0.4 is 0 Å². The second-order valence-electron chi connectivity index (χ2n) is 4.81. The lowest BCUT2D eigenvalue weighted by Crippen LogP contribution is -2.17. The summed E-state index contributed by atoms with van der Waals surface area (Å²) in [4.78, 5) is 0. The van der Waals surface area contributed by atoms with Crippen LogP contribution in [0.5, 0.6) is 0 Å². The lowest BCUT2D eigenvalue weighted by Gasteiger charge is -2.22. The highest BCUT2D eigenvalue weighted by Crippen LogP contribution is 2.63. The Morgan fingerprint density at radius 2 is 2.21 bits per heavy atom. The van der Waals surface area contributed by atoms with Gasteiger partial charge in [-0.2, -0.15) is 25.3 Å². The van der Waals surface area contributed by atoms with Gasteiger partial charge in [0.05, 0.1) is 0 Å². The first kappa shape index (κ1) is 12.8. The minimum atomic E-state index is 0.554. The van der Waals surface area contributed by atoms with Crippen molar-refractivity contribution in [1.82, 2.24) is 0 Å². The highest BCUT2D eigenvalue weighted by Gasteiger charge is 2.54. The molecular formula is C11H23BS2. The van der Waals surface area contributed by atoms with Gasteiger partial charge >= 0.3 is 0 Å². The molecule has 1 saturated carbocycles. The van der Waals surface area contributed by atoms with Gasteiger partial charge in [-0.1, -0.05) is 32.9 Å². The Labute approximate surface area is 101 Å². The van der Waals surface area contributed by atoms with Crippen LogP contribution in [-0.4, -0.2) is 18.3 Å². The summed E-state index contributed by atoms with van der Waals surface area (Å²) in [6, 6.07) is 0. The van der Waals surface area contributed by atoms with Gasteiger partial charge in [-0.25, -0.2) is 0 Å². The van der Waals surface area contributed by atoms with Gasteiger partial charge < -0.3 is 0 Å². The molecule has 0 aliphatic heterocycles. The maximum atomic E-state index is 4.62. The molecule has 0 radical (unpaired) electrons. The zero-order valence-electron chi connectivity index (χ0n) is 9.66. The Morgan fingerprint density at radius 3 is 2.57 bits per heavy atom. The molecule has 0 aromatic carbocycles. The van der Waals surface area contributed by atoms with Crippen LogP contribution in [0.4, 0.5) is 0 Å². The molecule has 1 aliphatic carbocycles.